The fourth-order valence-corrected chi connectivity index (χ4v) is 2.26. The monoisotopic (exact) mass is 315 g/mol. The molecule has 0 heterocycles. The fraction of sp³-hybridized carbons (Fsp3) is 0.571. The Morgan fingerprint density at radius 3 is 2.44 bits per heavy atom. The van der Waals surface area contributed by atoms with Crippen LogP contribution in [-0.2, 0) is 6.42 Å². The third-order valence-corrected chi connectivity index (χ3v) is 3.00. The first-order valence-corrected chi connectivity index (χ1v) is 6.98. The Morgan fingerprint density at radius 1 is 1.28 bits per heavy atom. The van der Waals surface area contributed by atoms with Crippen LogP contribution in [-0.4, -0.2) is 19.8 Å². The zero-order chi connectivity index (χ0) is 13.7. The molecule has 0 aromatic heterocycles. The number of ether oxygens (including phenoxy) is 2. The third-order valence-electron chi connectivity index (χ3n) is 2.41. The number of hydrogen-bond acceptors (Lipinski definition) is 3. The van der Waals surface area contributed by atoms with E-state index in [4.69, 9.17) is 15.2 Å². The van der Waals surface area contributed by atoms with Crippen molar-refractivity contribution in [3.8, 4) is 11.5 Å². The molecule has 2 N–H and O–H groups in total. The predicted molar refractivity (Wildman–Crippen MR) is 78.4 cm³/mol. The Hall–Kier alpha value is -0.740. The van der Waals surface area contributed by atoms with Crippen LogP contribution in [0.25, 0.3) is 0 Å². The van der Waals surface area contributed by atoms with Crippen molar-refractivity contribution in [3.63, 3.8) is 0 Å². The second-order valence-corrected chi connectivity index (χ2v) is 5.85. The van der Waals surface area contributed by atoms with Gasteiger partial charge in [-0.1, -0.05) is 13.8 Å². The van der Waals surface area contributed by atoms with E-state index >= 15 is 0 Å². The Bertz CT molecular complexity index is 392. The number of hydrogen-bond donors (Lipinski definition) is 1. The van der Waals surface area contributed by atoms with Crippen LogP contribution in [0.4, 0.5) is 0 Å². The first kappa shape index (κ1) is 15.3. The normalized spacial score (nSPS) is 12.6. The maximum atomic E-state index is 5.82. The highest BCUT2D eigenvalue weighted by Crippen LogP contribution is 2.37. The van der Waals surface area contributed by atoms with Crippen LogP contribution in [0, 0.1) is 5.92 Å². The van der Waals surface area contributed by atoms with E-state index in [2.05, 4.69) is 29.8 Å². The van der Waals surface area contributed by atoms with Crippen LogP contribution < -0.4 is 15.2 Å². The van der Waals surface area contributed by atoms with Gasteiger partial charge in [0.2, 0.25) is 0 Å². The van der Waals surface area contributed by atoms with Crippen molar-refractivity contribution >= 4 is 15.9 Å². The van der Waals surface area contributed by atoms with E-state index in [1.807, 2.05) is 19.1 Å². The average molecular weight is 316 g/mol. The van der Waals surface area contributed by atoms with Gasteiger partial charge in [-0.2, -0.15) is 0 Å². The van der Waals surface area contributed by atoms with Crippen LogP contribution in [0.2, 0.25) is 0 Å². The Balaban J connectivity index is 2.96. The predicted octanol–water partition coefficient (Wildman–Crippen LogP) is 3.38. The van der Waals surface area contributed by atoms with Gasteiger partial charge in [0.05, 0.1) is 18.2 Å². The van der Waals surface area contributed by atoms with Gasteiger partial charge in [-0.15, -0.1) is 0 Å². The number of methoxy groups -OCH3 is 1. The summed E-state index contributed by atoms with van der Waals surface area (Å²) in [6, 6.07) is 4.16. The van der Waals surface area contributed by atoms with Crippen LogP contribution in [0.1, 0.15) is 26.3 Å². The highest BCUT2D eigenvalue weighted by Gasteiger charge is 2.13. The van der Waals surface area contributed by atoms with Gasteiger partial charge in [-0.25, -0.2) is 0 Å². The maximum Gasteiger partial charge on any atom is 0.175 e. The number of nitrogens with two attached hydrogens (primary N) is 1. The first-order valence-electron chi connectivity index (χ1n) is 6.18. The quantitative estimate of drug-likeness (QED) is 0.875. The van der Waals surface area contributed by atoms with Crippen molar-refractivity contribution in [1.29, 1.82) is 0 Å². The molecule has 102 valence electrons. The molecular formula is C14H22BrNO2. The van der Waals surface area contributed by atoms with E-state index in [1.54, 1.807) is 7.11 Å². The molecule has 0 aliphatic rings. The van der Waals surface area contributed by atoms with Crippen LogP contribution in [0.5, 0.6) is 11.5 Å². The molecule has 4 heteroatoms. The second-order valence-electron chi connectivity index (χ2n) is 5.00. The number of benzene rings is 1. The Labute approximate surface area is 118 Å². The fourth-order valence-electron chi connectivity index (χ4n) is 1.65. The summed E-state index contributed by atoms with van der Waals surface area (Å²) in [6.45, 7) is 6.89. The van der Waals surface area contributed by atoms with E-state index in [-0.39, 0.29) is 6.04 Å². The molecule has 0 saturated carbocycles. The molecule has 1 unspecified atom stereocenters. The van der Waals surface area contributed by atoms with Gasteiger partial charge >= 0.3 is 0 Å². The molecule has 18 heavy (non-hydrogen) atoms. The lowest BCUT2D eigenvalue weighted by molar-refractivity contribution is 0.255. The molecule has 1 aromatic carbocycles. The van der Waals surface area contributed by atoms with E-state index < -0.39 is 0 Å². The van der Waals surface area contributed by atoms with Crippen molar-refractivity contribution in [2.24, 2.45) is 11.7 Å². The summed E-state index contributed by atoms with van der Waals surface area (Å²) in [5.74, 6) is 1.99. The van der Waals surface area contributed by atoms with Crippen LogP contribution in [0.3, 0.4) is 0 Å². The van der Waals surface area contributed by atoms with Crippen LogP contribution in [0.15, 0.2) is 16.6 Å². The third kappa shape index (κ3) is 4.50. The summed E-state index contributed by atoms with van der Waals surface area (Å²) in [7, 11) is 1.65. The van der Waals surface area contributed by atoms with E-state index in [9.17, 15) is 0 Å². The standard InChI is InChI=1S/C14H22BrNO2/c1-9(2)8-18-14-12(15)6-11(5-10(3)16)7-13(14)17-4/h6-7,9-10H,5,8,16H2,1-4H3. The zero-order valence-electron chi connectivity index (χ0n) is 11.5. The Kier molecular flexibility index (Phi) is 5.96. The summed E-state index contributed by atoms with van der Waals surface area (Å²) in [4.78, 5) is 0. The van der Waals surface area contributed by atoms with Crippen molar-refractivity contribution in [2.45, 2.75) is 33.2 Å². The maximum absolute atomic E-state index is 5.82. The zero-order valence-corrected chi connectivity index (χ0v) is 13.1. The SMILES string of the molecule is COc1cc(CC(C)N)cc(Br)c1OCC(C)C. The van der Waals surface area contributed by atoms with Gasteiger partial charge < -0.3 is 15.2 Å². The van der Waals surface area contributed by atoms with E-state index in [0.717, 1.165) is 28.0 Å². The molecule has 0 bridgehead atoms. The minimum atomic E-state index is 0.129. The van der Waals surface area contributed by atoms with Gasteiger partial charge in [0.25, 0.3) is 0 Å². The lowest BCUT2D eigenvalue weighted by atomic mass is 10.1. The highest BCUT2D eigenvalue weighted by molar-refractivity contribution is 9.10. The second kappa shape index (κ2) is 7.00. The molecule has 0 saturated heterocycles. The molecule has 1 aromatic rings. The van der Waals surface area contributed by atoms with Gasteiger partial charge in [-0.3, -0.25) is 0 Å². The summed E-state index contributed by atoms with van der Waals surface area (Å²) in [6.07, 6.45) is 0.819. The summed E-state index contributed by atoms with van der Waals surface area (Å²) in [5, 5.41) is 0. The summed E-state index contributed by atoms with van der Waals surface area (Å²) in [5.41, 5.74) is 6.96. The molecular weight excluding hydrogens is 294 g/mol. The molecule has 1 rings (SSSR count). The molecule has 1 atom stereocenters. The molecule has 0 amide bonds. The first-order chi connectivity index (χ1) is 8.43. The summed E-state index contributed by atoms with van der Waals surface area (Å²) < 4.78 is 12.1. The number of halogens is 1. The van der Waals surface area contributed by atoms with E-state index in [1.165, 1.54) is 0 Å². The van der Waals surface area contributed by atoms with Gasteiger partial charge in [0, 0.05) is 6.04 Å². The van der Waals surface area contributed by atoms with Crippen molar-refractivity contribution in [3.05, 3.63) is 22.2 Å². The highest BCUT2D eigenvalue weighted by atomic mass is 79.9. The smallest absolute Gasteiger partial charge is 0.175 e. The molecule has 3 nitrogen and oxygen atoms in total. The lowest BCUT2D eigenvalue weighted by Crippen LogP contribution is -2.17. The Morgan fingerprint density at radius 2 is 1.94 bits per heavy atom. The molecule has 0 radical (unpaired) electrons. The van der Waals surface area contributed by atoms with Crippen LogP contribution >= 0.6 is 15.9 Å². The van der Waals surface area contributed by atoms with Crippen molar-refractivity contribution in [1.82, 2.24) is 0 Å². The molecule has 0 aliphatic carbocycles. The van der Waals surface area contributed by atoms with Gasteiger partial charge in [-0.05, 0) is 52.9 Å². The van der Waals surface area contributed by atoms with Crippen molar-refractivity contribution in [2.75, 3.05) is 13.7 Å². The minimum absolute atomic E-state index is 0.129. The topological polar surface area (TPSA) is 44.5 Å². The van der Waals surface area contributed by atoms with Gasteiger partial charge in [0.15, 0.2) is 11.5 Å². The van der Waals surface area contributed by atoms with Crippen molar-refractivity contribution < 1.29 is 9.47 Å². The molecule has 0 aliphatic heterocycles. The van der Waals surface area contributed by atoms with Gasteiger partial charge in [0.1, 0.15) is 0 Å². The molecule has 0 spiro atoms. The largest absolute Gasteiger partial charge is 0.493 e. The minimum Gasteiger partial charge on any atom is -0.493 e. The summed E-state index contributed by atoms with van der Waals surface area (Å²) >= 11 is 3.53. The number of rotatable bonds is 6. The lowest BCUT2D eigenvalue weighted by Gasteiger charge is -2.16. The van der Waals surface area contributed by atoms with E-state index in [0.29, 0.717) is 12.5 Å². The average Bonchev–Trinajstić information content (AvgIpc) is 2.25. The molecule has 0 fully saturated rings.